The molecule has 0 aliphatic carbocycles. The van der Waals surface area contributed by atoms with Crippen molar-refractivity contribution in [2.75, 3.05) is 0 Å². The van der Waals surface area contributed by atoms with Crippen LogP contribution in [0.25, 0.3) is 0 Å². The molecule has 1 amide bonds. The monoisotopic (exact) mass is 337 g/mol. The van der Waals surface area contributed by atoms with Gasteiger partial charge < -0.3 is 5.32 Å². The summed E-state index contributed by atoms with van der Waals surface area (Å²) in [6, 6.07) is 8.19. The van der Waals surface area contributed by atoms with Gasteiger partial charge in [-0.3, -0.25) is 4.79 Å². The molecular formula is C15H16BrNOS. The first-order valence-electron chi connectivity index (χ1n) is 6.10. The van der Waals surface area contributed by atoms with Crippen LogP contribution in [0.5, 0.6) is 0 Å². The third-order valence-corrected chi connectivity index (χ3v) is 4.72. The summed E-state index contributed by atoms with van der Waals surface area (Å²) in [6.07, 6.45) is 0.438. The van der Waals surface area contributed by atoms with Gasteiger partial charge in [0, 0.05) is 14.7 Å². The average Bonchev–Trinajstić information content (AvgIpc) is 2.77. The van der Waals surface area contributed by atoms with Crippen molar-refractivity contribution in [3.05, 3.63) is 55.7 Å². The Labute approximate surface area is 126 Å². The fraction of sp³-hybridized carbons (Fsp3) is 0.267. The van der Waals surface area contributed by atoms with Crippen LogP contribution < -0.4 is 5.32 Å². The largest absolute Gasteiger partial charge is 0.351 e. The Balaban J connectivity index is 1.88. The molecule has 0 aliphatic rings. The molecule has 0 fully saturated rings. The minimum atomic E-state index is 0.0628. The number of hydrogen-bond donors (Lipinski definition) is 1. The topological polar surface area (TPSA) is 29.1 Å². The summed E-state index contributed by atoms with van der Waals surface area (Å²) in [5.41, 5.74) is 3.55. The molecule has 2 rings (SSSR count). The second-order valence-electron chi connectivity index (χ2n) is 4.60. The Hall–Kier alpha value is -1.13. The van der Waals surface area contributed by atoms with E-state index in [1.165, 1.54) is 11.1 Å². The lowest BCUT2D eigenvalue weighted by molar-refractivity contribution is -0.120. The second-order valence-corrected chi connectivity index (χ2v) is 6.51. The molecule has 0 atom stereocenters. The first-order chi connectivity index (χ1) is 9.04. The molecule has 2 aromatic rings. The van der Waals surface area contributed by atoms with Crippen molar-refractivity contribution in [1.29, 1.82) is 0 Å². The maximum absolute atomic E-state index is 11.9. The highest BCUT2D eigenvalue weighted by molar-refractivity contribution is 9.10. The lowest BCUT2D eigenvalue weighted by Crippen LogP contribution is -2.24. The quantitative estimate of drug-likeness (QED) is 0.897. The highest BCUT2D eigenvalue weighted by Gasteiger charge is 2.05. The van der Waals surface area contributed by atoms with Gasteiger partial charge in [-0.05, 0) is 52.5 Å². The van der Waals surface area contributed by atoms with Crippen LogP contribution in [-0.2, 0) is 17.8 Å². The molecule has 1 aromatic heterocycles. The third-order valence-electron chi connectivity index (χ3n) is 3.02. The van der Waals surface area contributed by atoms with E-state index in [0.717, 1.165) is 14.9 Å². The maximum atomic E-state index is 11.9. The van der Waals surface area contributed by atoms with E-state index in [0.29, 0.717) is 13.0 Å². The minimum Gasteiger partial charge on any atom is -0.351 e. The fourth-order valence-electron chi connectivity index (χ4n) is 1.79. The number of halogens is 1. The first kappa shape index (κ1) is 14.3. The van der Waals surface area contributed by atoms with Gasteiger partial charge in [-0.1, -0.05) is 18.2 Å². The fourth-order valence-corrected chi connectivity index (χ4v) is 3.18. The lowest BCUT2D eigenvalue weighted by atomic mass is 10.0. The van der Waals surface area contributed by atoms with Crippen LogP contribution >= 0.6 is 27.3 Å². The molecule has 0 aliphatic heterocycles. The number of benzene rings is 1. The number of carbonyl (C=O) groups is 1. The van der Waals surface area contributed by atoms with Gasteiger partial charge in [0.05, 0.1) is 13.0 Å². The van der Waals surface area contributed by atoms with Crippen molar-refractivity contribution < 1.29 is 4.79 Å². The number of thiophene rings is 1. The molecule has 19 heavy (non-hydrogen) atoms. The second kappa shape index (κ2) is 6.35. The highest BCUT2D eigenvalue weighted by Crippen LogP contribution is 2.19. The number of hydrogen-bond acceptors (Lipinski definition) is 2. The van der Waals surface area contributed by atoms with Gasteiger partial charge in [-0.25, -0.2) is 0 Å². The molecule has 4 heteroatoms. The summed E-state index contributed by atoms with van der Waals surface area (Å²) in [5.74, 6) is 0.0628. The van der Waals surface area contributed by atoms with Crippen LogP contribution in [0.1, 0.15) is 21.6 Å². The van der Waals surface area contributed by atoms with E-state index in [1.807, 2.05) is 17.5 Å². The number of rotatable bonds is 4. The predicted octanol–water partition coefficient (Wildman–Crippen LogP) is 3.99. The van der Waals surface area contributed by atoms with Crippen molar-refractivity contribution in [3.63, 3.8) is 0 Å². The Morgan fingerprint density at radius 1 is 1.26 bits per heavy atom. The summed E-state index contributed by atoms with van der Waals surface area (Å²) in [4.78, 5) is 13.0. The molecule has 0 saturated carbocycles. The number of amides is 1. The van der Waals surface area contributed by atoms with E-state index in [9.17, 15) is 4.79 Å². The van der Waals surface area contributed by atoms with Crippen molar-refractivity contribution >= 4 is 33.2 Å². The Kier molecular flexibility index (Phi) is 4.77. The third kappa shape index (κ3) is 4.18. The SMILES string of the molecule is Cc1ccc(CC(=O)NCc2cc(Br)cs2)cc1C. The van der Waals surface area contributed by atoms with E-state index in [-0.39, 0.29) is 5.91 Å². The summed E-state index contributed by atoms with van der Waals surface area (Å²) >= 11 is 5.05. The van der Waals surface area contributed by atoms with Crippen LogP contribution in [-0.4, -0.2) is 5.91 Å². The smallest absolute Gasteiger partial charge is 0.224 e. The Morgan fingerprint density at radius 3 is 2.68 bits per heavy atom. The summed E-state index contributed by atoms with van der Waals surface area (Å²) in [7, 11) is 0. The maximum Gasteiger partial charge on any atom is 0.224 e. The number of carbonyl (C=O) groups excluding carboxylic acids is 1. The predicted molar refractivity (Wildman–Crippen MR) is 83.5 cm³/mol. The van der Waals surface area contributed by atoms with Crippen molar-refractivity contribution in [1.82, 2.24) is 5.32 Å². The van der Waals surface area contributed by atoms with Gasteiger partial charge in [0.1, 0.15) is 0 Å². The van der Waals surface area contributed by atoms with Crippen LogP contribution in [0, 0.1) is 13.8 Å². The van der Waals surface area contributed by atoms with Crippen LogP contribution in [0.15, 0.2) is 34.1 Å². The van der Waals surface area contributed by atoms with E-state index >= 15 is 0 Å². The summed E-state index contributed by atoms with van der Waals surface area (Å²) < 4.78 is 1.07. The number of nitrogens with one attached hydrogen (secondary N) is 1. The van der Waals surface area contributed by atoms with Crippen LogP contribution in [0.2, 0.25) is 0 Å². The molecule has 0 radical (unpaired) electrons. The molecule has 2 nitrogen and oxygen atoms in total. The molecule has 1 aromatic carbocycles. The average molecular weight is 338 g/mol. The molecule has 1 N–H and O–H groups in total. The minimum absolute atomic E-state index is 0.0628. The van der Waals surface area contributed by atoms with E-state index in [2.05, 4.69) is 47.2 Å². The van der Waals surface area contributed by atoms with Crippen LogP contribution in [0.4, 0.5) is 0 Å². The van der Waals surface area contributed by atoms with E-state index in [1.54, 1.807) is 11.3 Å². The summed E-state index contributed by atoms with van der Waals surface area (Å²) in [6.45, 7) is 4.74. The van der Waals surface area contributed by atoms with Crippen molar-refractivity contribution in [2.45, 2.75) is 26.8 Å². The molecule has 100 valence electrons. The Morgan fingerprint density at radius 2 is 2.05 bits per heavy atom. The van der Waals surface area contributed by atoms with Gasteiger partial charge in [-0.2, -0.15) is 0 Å². The van der Waals surface area contributed by atoms with Crippen molar-refractivity contribution in [3.8, 4) is 0 Å². The van der Waals surface area contributed by atoms with E-state index < -0.39 is 0 Å². The van der Waals surface area contributed by atoms with Gasteiger partial charge in [0.15, 0.2) is 0 Å². The van der Waals surface area contributed by atoms with Crippen molar-refractivity contribution in [2.24, 2.45) is 0 Å². The molecule has 0 bridgehead atoms. The zero-order chi connectivity index (χ0) is 13.8. The van der Waals surface area contributed by atoms with Gasteiger partial charge in [0.25, 0.3) is 0 Å². The van der Waals surface area contributed by atoms with Gasteiger partial charge in [0.2, 0.25) is 5.91 Å². The lowest BCUT2D eigenvalue weighted by Gasteiger charge is -2.06. The van der Waals surface area contributed by atoms with E-state index in [4.69, 9.17) is 0 Å². The molecule has 0 spiro atoms. The number of aryl methyl sites for hydroxylation is 2. The zero-order valence-electron chi connectivity index (χ0n) is 11.0. The van der Waals surface area contributed by atoms with Gasteiger partial charge in [-0.15, -0.1) is 11.3 Å². The Bertz CT molecular complexity index is 592. The standard InChI is InChI=1S/C15H16BrNOS/c1-10-3-4-12(5-11(10)2)6-15(18)17-8-14-7-13(16)9-19-14/h3-5,7,9H,6,8H2,1-2H3,(H,17,18). The first-order valence-corrected chi connectivity index (χ1v) is 7.77. The highest BCUT2D eigenvalue weighted by atomic mass is 79.9. The molecular weight excluding hydrogens is 322 g/mol. The molecule has 0 saturated heterocycles. The zero-order valence-corrected chi connectivity index (χ0v) is 13.4. The normalized spacial score (nSPS) is 10.5. The van der Waals surface area contributed by atoms with Gasteiger partial charge >= 0.3 is 0 Å². The summed E-state index contributed by atoms with van der Waals surface area (Å²) in [5, 5.41) is 4.96. The molecule has 1 heterocycles. The molecule has 0 unspecified atom stereocenters. The van der Waals surface area contributed by atoms with Crippen LogP contribution in [0.3, 0.4) is 0 Å².